The maximum absolute atomic E-state index is 13.1. The fraction of sp³-hybridized carbons (Fsp3) is 0.286. The molecule has 0 saturated heterocycles. The number of hydrogen-bond donors (Lipinski definition) is 1. The van der Waals surface area contributed by atoms with Gasteiger partial charge in [-0.3, -0.25) is 4.72 Å². The number of sulfonamides is 1. The summed E-state index contributed by atoms with van der Waals surface area (Å²) in [5.74, 6) is -0.263. The lowest BCUT2D eigenvalue weighted by molar-refractivity contribution is 0.522. The van der Waals surface area contributed by atoms with Gasteiger partial charge >= 0.3 is 0 Å². The summed E-state index contributed by atoms with van der Waals surface area (Å²) >= 11 is 0. The predicted octanol–water partition coefficient (Wildman–Crippen LogP) is 2.35. The Morgan fingerprint density at radius 1 is 1.45 bits per heavy atom. The molecule has 0 aliphatic heterocycles. The third kappa shape index (κ3) is 3.62. The Balaban J connectivity index is 2.28. The molecule has 1 heterocycles. The van der Waals surface area contributed by atoms with E-state index in [2.05, 4.69) is 9.71 Å². The number of benzene rings is 1. The highest BCUT2D eigenvalue weighted by Gasteiger charge is 2.19. The molecule has 0 bridgehead atoms. The summed E-state index contributed by atoms with van der Waals surface area (Å²) in [6.45, 7) is 4.65. The average Bonchev–Trinajstić information content (AvgIpc) is 2.89. The molecule has 1 N–H and O–H groups in total. The molecule has 0 amide bonds. The number of imidazole rings is 1. The van der Waals surface area contributed by atoms with Gasteiger partial charge in [0.2, 0.25) is 0 Å². The zero-order valence-corrected chi connectivity index (χ0v) is 12.9. The molecule has 0 spiro atoms. The van der Waals surface area contributed by atoms with E-state index in [1.54, 1.807) is 10.6 Å². The highest BCUT2D eigenvalue weighted by molar-refractivity contribution is 7.92. The van der Waals surface area contributed by atoms with Crippen LogP contribution in [-0.2, 0) is 16.6 Å². The second-order valence-electron chi connectivity index (χ2n) is 5.21. The van der Waals surface area contributed by atoms with E-state index in [1.165, 1.54) is 18.6 Å². The van der Waals surface area contributed by atoms with E-state index in [9.17, 15) is 12.8 Å². The quantitative estimate of drug-likeness (QED) is 0.915. The molecule has 2 rings (SSSR count). The fourth-order valence-corrected chi connectivity index (χ4v) is 2.93. The number of rotatable bonds is 5. The minimum absolute atomic E-state index is 0.0160. The Labute approximate surface area is 128 Å². The van der Waals surface area contributed by atoms with Gasteiger partial charge in [0.25, 0.3) is 10.0 Å². The van der Waals surface area contributed by atoms with Crippen LogP contribution in [0.15, 0.2) is 35.7 Å². The van der Waals surface area contributed by atoms with Crippen molar-refractivity contribution >= 4 is 15.7 Å². The van der Waals surface area contributed by atoms with Crippen LogP contribution in [0.3, 0.4) is 0 Å². The van der Waals surface area contributed by atoms with Crippen molar-refractivity contribution in [2.45, 2.75) is 25.4 Å². The third-order valence-corrected chi connectivity index (χ3v) is 4.06. The predicted molar refractivity (Wildman–Crippen MR) is 79.0 cm³/mol. The molecule has 1 aromatic carbocycles. The summed E-state index contributed by atoms with van der Waals surface area (Å²) in [6.07, 6.45) is 2.85. The summed E-state index contributed by atoms with van der Waals surface area (Å²) in [5, 5.41) is 8.79. The molecule has 0 fully saturated rings. The lowest BCUT2D eigenvalue weighted by atomic mass is 10.2. The lowest BCUT2D eigenvalue weighted by Crippen LogP contribution is -2.14. The number of aromatic nitrogens is 2. The van der Waals surface area contributed by atoms with Gasteiger partial charge in [0.1, 0.15) is 11.9 Å². The number of nitrogens with one attached hydrogen (secondary N) is 1. The summed E-state index contributed by atoms with van der Waals surface area (Å²) in [6, 6.07) is 5.00. The zero-order valence-electron chi connectivity index (χ0n) is 12.1. The molecular weight excluding hydrogens is 307 g/mol. The van der Waals surface area contributed by atoms with Crippen LogP contribution >= 0.6 is 0 Å². The second-order valence-corrected chi connectivity index (χ2v) is 6.84. The van der Waals surface area contributed by atoms with E-state index in [0.29, 0.717) is 12.5 Å². The monoisotopic (exact) mass is 322 g/mol. The zero-order chi connectivity index (χ0) is 16.3. The van der Waals surface area contributed by atoms with Crippen LogP contribution in [0.2, 0.25) is 0 Å². The van der Waals surface area contributed by atoms with E-state index >= 15 is 0 Å². The van der Waals surface area contributed by atoms with E-state index in [0.717, 1.165) is 12.1 Å². The van der Waals surface area contributed by atoms with Crippen molar-refractivity contribution in [1.29, 1.82) is 5.26 Å². The number of anilines is 1. The van der Waals surface area contributed by atoms with Crippen molar-refractivity contribution in [1.82, 2.24) is 9.55 Å². The van der Waals surface area contributed by atoms with Gasteiger partial charge in [-0.2, -0.15) is 13.7 Å². The van der Waals surface area contributed by atoms with Gasteiger partial charge in [-0.15, -0.1) is 0 Å². The van der Waals surface area contributed by atoms with Crippen LogP contribution in [0.4, 0.5) is 10.1 Å². The number of nitriles is 1. The van der Waals surface area contributed by atoms with E-state index in [4.69, 9.17) is 5.26 Å². The molecule has 0 aliphatic rings. The average molecular weight is 322 g/mol. The smallest absolute Gasteiger partial charge is 0.280 e. The van der Waals surface area contributed by atoms with Crippen LogP contribution in [0.1, 0.15) is 19.4 Å². The van der Waals surface area contributed by atoms with Gasteiger partial charge in [-0.25, -0.2) is 9.37 Å². The minimum atomic E-state index is -3.93. The topological polar surface area (TPSA) is 87.8 Å². The van der Waals surface area contributed by atoms with Crippen molar-refractivity contribution in [3.8, 4) is 6.07 Å². The molecule has 116 valence electrons. The van der Waals surface area contributed by atoms with Crippen molar-refractivity contribution < 1.29 is 12.8 Å². The summed E-state index contributed by atoms with van der Waals surface area (Å²) < 4.78 is 41.5. The molecule has 0 atom stereocenters. The molecular formula is C14H15FN4O2S. The largest absolute Gasteiger partial charge is 0.336 e. The molecule has 0 unspecified atom stereocenters. The van der Waals surface area contributed by atoms with E-state index in [1.807, 2.05) is 13.8 Å². The molecule has 0 radical (unpaired) electrons. The molecule has 2 aromatic rings. The van der Waals surface area contributed by atoms with Crippen LogP contribution < -0.4 is 4.72 Å². The first-order valence-electron chi connectivity index (χ1n) is 6.56. The first-order valence-corrected chi connectivity index (χ1v) is 8.04. The highest BCUT2D eigenvalue weighted by Crippen LogP contribution is 2.20. The number of hydrogen-bond acceptors (Lipinski definition) is 4. The minimum Gasteiger partial charge on any atom is -0.336 e. The van der Waals surface area contributed by atoms with Crippen molar-refractivity contribution in [2.24, 2.45) is 5.92 Å². The highest BCUT2D eigenvalue weighted by atomic mass is 32.2. The summed E-state index contributed by atoms with van der Waals surface area (Å²) in [7, 11) is -3.93. The summed E-state index contributed by atoms with van der Waals surface area (Å²) in [4.78, 5) is 3.87. The number of halogens is 1. The van der Waals surface area contributed by atoms with Gasteiger partial charge in [0.05, 0.1) is 17.6 Å². The van der Waals surface area contributed by atoms with Crippen molar-refractivity contribution in [3.05, 3.63) is 42.1 Å². The van der Waals surface area contributed by atoms with Gasteiger partial charge in [0.15, 0.2) is 5.03 Å². The lowest BCUT2D eigenvalue weighted by Gasteiger charge is -2.07. The van der Waals surface area contributed by atoms with E-state index in [-0.39, 0.29) is 16.3 Å². The Kier molecular flexibility index (Phi) is 4.47. The van der Waals surface area contributed by atoms with Crippen LogP contribution in [0.25, 0.3) is 0 Å². The molecule has 1 aromatic heterocycles. The normalized spacial score (nSPS) is 11.4. The first kappa shape index (κ1) is 16.0. The van der Waals surface area contributed by atoms with Gasteiger partial charge in [-0.1, -0.05) is 13.8 Å². The second kappa shape index (κ2) is 6.15. The maximum Gasteiger partial charge on any atom is 0.280 e. The maximum atomic E-state index is 13.1. The molecule has 0 aliphatic carbocycles. The first-order chi connectivity index (χ1) is 10.3. The molecule has 22 heavy (non-hydrogen) atoms. The Bertz CT molecular complexity index is 822. The molecule has 0 saturated carbocycles. The van der Waals surface area contributed by atoms with Crippen molar-refractivity contribution in [3.63, 3.8) is 0 Å². The van der Waals surface area contributed by atoms with Crippen LogP contribution in [0.5, 0.6) is 0 Å². The fourth-order valence-electron chi connectivity index (χ4n) is 1.89. The molecule has 8 heteroatoms. The van der Waals surface area contributed by atoms with Gasteiger partial charge in [0, 0.05) is 12.7 Å². The summed E-state index contributed by atoms with van der Waals surface area (Å²) in [5.41, 5.74) is -0.0764. The van der Waals surface area contributed by atoms with Gasteiger partial charge < -0.3 is 4.57 Å². The third-order valence-electron chi connectivity index (χ3n) is 2.81. The van der Waals surface area contributed by atoms with E-state index < -0.39 is 15.8 Å². The van der Waals surface area contributed by atoms with Crippen LogP contribution in [0, 0.1) is 23.1 Å². The Morgan fingerprint density at radius 3 is 2.82 bits per heavy atom. The van der Waals surface area contributed by atoms with Crippen molar-refractivity contribution in [2.75, 3.05) is 4.72 Å². The Hall–Kier alpha value is -2.40. The van der Waals surface area contributed by atoms with Crippen LogP contribution in [-0.4, -0.2) is 18.0 Å². The molecule has 6 nitrogen and oxygen atoms in total. The standard InChI is InChI=1S/C14H15FN4O2S/c1-10(2)7-19-8-14(17-9-19)22(20,21)18-13-4-3-12(15)5-11(13)6-16/h3-5,8-10,18H,7H2,1-2H3. The Morgan fingerprint density at radius 2 is 2.18 bits per heavy atom. The number of nitrogens with zero attached hydrogens (tertiary/aromatic N) is 3. The SMILES string of the molecule is CC(C)Cn1cnc(S(=O)(=O)Nc2ccc(F)cc2C#N)c1. The van der Waals surface area contributed by atoms with Gasteiger partial charge in [-0.05, 0) is 24.1 Å².